The number of aromatic nitrogens is 1. The first-order chi connectivity index (χ1) is 22.3. The Kier molecular flexibility index (Phi) is 15.1. The SMILES string of the molecule is NCC(=O)NCC(=O)NCC(=O)N[C@@H](CCCN=C(N)N)C(=O)N[C@@H](Cc1c[nH]c2ccccc12)C(=O)N[C@@H](CCC(N)=O)C(=O)O. The summed E-state index contributed by atoms with van der Waals surface area (Å²) in [5, 5.41) is 22.3. The second-order valence-corrected chi connectivity index (χ2v) is 10.4. The number of carbonyl (C=O) groups is 7. The molecule has 1 heterocycles. The number of carbonyl (C=O) groups excluding carboxylic acids is 6. The molecule has 0 fully saturated rings. The van der Waals surface area contributed by atoms with Gasteiger partial charge in [-0.3, -0.25) is 33.8 Å². The Bertz CT molecular complexity index is 1470. The van der Waals surface area contributed by atoms with Crippen molar-refractivity contribution in [3.05, 3.63) is 36.0 Å². The molecule has 0 aliphatic rings. The molecule has 0 radical (unpaired) electrons. The lowest BCUT2D eigenvalue weighted by atomic mass is 10.0. The van der Waals surface area contributed by atoms with Gasteiger partial charge in [0.2, 0.25) is 35.4 Å². The normalized spacial score (nSPS) is 12.5. The van der Waals surface area contributed by atoms with Crippen molar-refractivity contribution in [2.45, 2.75) is 50.2 Å². The highest BCUT2D eigenvalue weighted by molar-refractivity contribution is 5.95. The first-order valence-corrected chi connectivity index (χ1v) is 14.6. The van der Waals surface area contributed by atoms with Gasteiger partial charge in [0.25, 0.3) is 0 Å². The smallest absolute Gasteiger partial charge is 0.326 e. The van der Waals surface area contributed by atoms with Gasteiger partial charge < -0.3 is 59.6 Å². The number of nitrogens with zero attached hydrogens (tertiary/aromatic N) is 1. The van der Waals surface area contributed by atoms with E-state index in [0.717, 1.165) is 10.9 Å². The van der Waals surface area contributed by atoms with Gasteiger partial charge in [-0.1, -0.05) is 18.2 Å². The van der Waals surface area contributed by atoms with Gasteiger partial charge in [0.1, 0.15) is 18.1 Å². The fourth-order valence-electron chi connectivity index (χ4n) is 4.33. The van der Waals surface area contributed by atoms with Gasteiger partial charge in [-0.05, 0) is 30.9 Å². The van der Waals surface area contributed by atoms with Gasteiger partial charge in [-0.25, -0.2) is 4.79 Å². The van der Waals surface area contributed by atoms with Crippen molar-refractivity contribution in [3.8, 4) is 0 Å². The molecule has 2 aromatic rings. The molecule has 0 unspecified atom stereocenters. The maximum absolute atomic E-state index is 13.6. The zero-order chi connectivity index (χ0) is 34.9. The first-order valence-electron chi connectivity index (χ1n) is 14.6. The van der Waals surface area contributed by atoms with Crippen LogP contribution in [0.25, 0.3) is 10.9 Å². The van der Waals surface area contributed by atoms with Crippen LogP contribution >= 0.6 is 0 Å². The second-order valence-electron chi connectivity index (χ2n) is 10.4. The maximum atomic E-state index is 13.6. The van der Waals surface area contributed by atoms with Gasteiger partial charge in [-0.15, -0.1) is 0 Å². The highest BCUT2D eigenvalue weighted by atomic mass is 16.4. The molecule has 0 aliphatic heterocycles. The van der Waals surface area contributed by atoms with Crippen LogP contribution in [0, 0.1) is 0 Å². The van der Waals surface area contributed by atoms with Crippen LogP contribution in [0.1, 0.15) is 31.2 Å². The summed E-state index contributed by atoms with van der Waals surface area (Å²) in [6.45, 7) is -1.19. The first kappa shape index (κ1) is 37.5. The number of hydrogen-bond donors (Lipinski definition) is 11. The molecule has 19 heteroatoms. The molecular formula is C28H41N11O8. The highest BCUT2D eigenvalue weighted by Gasteiger charge is 2.30. The van der Waals surface area contributed by atoms with E-state index in [2.05, 4.69) is 36.6 Å². The maximum Gasteiger partial charge on any atom is 0.326 e. The number of rotatable bonds is 20. The monoisotopic (exact) mass is 659 g/mol. The van der Waals surface area contributed by atoms with Crippen molar-refractivity contribution in [1.29, 1.82) is 0 Å². The Morgan fingerprint density at radius 2 is 1.45 bits per heavy atom. The van der Waals surface area contributed by atoms with Crippen LogP contribution < -0.4 is 49.5 Å². The molecule has 0 saturated heterocycles. The Hall–Kier alpha value is -5.72. The van der Waals surface area contributed by atoms with Crippen molar-refractivity contribution >= 4 is 58.3 Å². The van der Waals surface area contributed by atoms with Crippen LogP contribution in [0.5, 0.6) is 0 Å². The topological polar surface area (TPSA) is 332 Å². The fourth-order valence-corrected chi connectivity index (χ4v) is 4.33. The van der Waals surface area contributed by atoms with E-state index in [1.54, 1.807) is 24.4 Å². The van der Waals surface area contributed by atoms with E-state index in [1.807, 2.05) is 6.07 Å². The minimum absolute atomic E-state index is 0.00659. The fraction of sp³-hybridized carbons (Fsp3) is 0.429. The number of carboxylic acid groups (broad SMARTS) is 1. The summed E-state index contributed by atoms with van der Waals surface area (Å²) >= 11 is 0. The van der Waals surface area contributed by atoms with Crippen molar-refractivity contribution in [2.75, 3.05) is 26.2 Å². The van der Waals surface area contributed by atoms with E-state index >= 15 is 0 Å². The highest BCUT2D eigenvalue weighted by Crippen LogP contribution is 2.19. The summed E-state index contributed by atoms with van der Waals surface area (Å²) in [5.74, 6) is -6.03. The summed E-state index contributed by atoms with van der Waals surface area (Å²) in [6.07, 6.45) is 1.20. The average Bonchev–Trinajstić information content (AvgIpc) is 3.43. The summed E-state index contributed by atoms with van der Waals surface area (Å²) in [5.41, 5.74) is 22.4. The summed E-state index contributed by atoms with van der Waals surface area (Å²) in [7, 11) is 0. The number of guanidine groups is 1. The number of primary amides is 1. The van der Waals surface area contributed by atoms with Crippen LogP contribution in [0.2, 0.25) is 0 Å². The number of nitrogens with two attached hydrogens (primary N) is 4. The number of nitrogens with one attached hydrogen (secondary N) is 6. The van der Waals surface area contributed by atoms with Crippen LogP contribution in [0.15, 0.2) is 35.5 Å². The summed E-state index contributed by atoms with van der Waals surface area (Å²) in [4.78, 5) is 92.9. The van der Waals surface area contributed by atoms with Gasteiger partial charge in [-0.2, -0.15) is 0 Å². The van der Waals surface area contributed by atoms with Crippen LogP contribution in [-0.2, 0) is 40.0 Å². The van der Waals surface area contributed by atoms with Crippen molar-refractivity contribution in [3.63, 3.8) is 0 Å². The lowest BCUT2D eigenvalue weighted by Gasteiger charge is -2.24. The standard InChI is InChI=1S/C28H41N11O8/c29-11-22(41)35-13-23(42)36-14-24(43)37-18(6-3-9-33-28(31)32)25(44)39-20(10-15-12-34-17-5-2-1-4-16(15)17)26(45)38-19(27(46)47)7-8-21(30)40/h1-2,4-5,12,18-20,34H,3,6-11,13-14,29H2,(H2,30,40)(H,35,41)(H,36,42)(H,37,43)(H,38,45)(H,39,44)(H,46,47)(H4,31,32,33)/t18-,19-,20-/m0/s1. The number of aliphatic imine (C=N–C) groups is 1. The number of aromatic amines is 1. The van der Waals surface area contributed by atoms with Gasteiger partial charge >= 0.3 is 5.97 Å². The third kappa shape index (κ3) is 13.4. The molecule has 2 rings (SSSR count). The van der Waals surface area contributed by atoms with Crippen LogP contribution in [0.4, 0.5) is 0 Å². The molecule has 1 aromatic heterocycles. The molecule has 6 amide bonds. The molecule has 15 N–H and O–H groups in total. The Balaban J connectivity index is 2.26. The number of amides is 6. The third-order valence-electron chi connectivity index (χ3n) is 6.70. The number of carboxylic acids is 1. The number of fused-ring (bicyclic) bond motifs is 1. The predicted molar refractivity (Wildman–Crippen MR) is 169 cm³/mol. The van der Waals surface area contributed by atoms with E-state index < -0.39 is 72.6 Å². The molecule has 256 valence electrons. The van der Waals surface area contributed by atoms with Crippen LogP contribution in [0.3, 0.4) is 0 Å². The number of benzene rings is 1. The molecule has 19 nitrogen and oxygen atoms in total. The number of aliphatic carboxylic acids is 1. The van der Waals surface area contributed by atoms with Crippen LogP contribution in [-0.4, -0.2) is 102 Å². The molecular weight excluding hydrogens is 618 g/mol. The molecule has 0 spiro atoms. The molecule has 0 saturated carbocycles. The Morgan fingerprint density at radius 1 is 0.809 bits per heavy atom. The third-order valence-corrected chi connectivity index (χ3v) is 6.70. The quantitative estimate of drug-likeness (QED) is 0.0367. The predicted octanol–water partition coefficient (Wildman–Crippen LogP) is -4.24. The summed E-state index contributed by atoms with van der Waals surface area (Å²) in [6, 6.07) is 3.14. The van der Waals surface area contributed by atoms with E-state index in [0.29, 0.717) is 5.56 Å². The van der Waals surface area contributed by atoms with E-state index in [9.17, 15) is 38.7 Å². The zero-order valence-electron chi connectivity index (χ0n) is 25.5. The molecule has 0 bridgehead atoms. The van der Waals surface area contributed by atoms with Crippen molar-refractivity contribution in [2.24, 2.45) is 27.9 Å². The molecule has 0 aliphatic carbocycles. The lowest BCUT2D eigenvalue weighted by molar-refractivity contribution is -0.142. The van der Waals surface area contributed by atoms with Crippen molar-refractivity contribution < 1.29 is 38.7 Å². The van der Waals surface area contributed by atoms with Gasteiger partial charge in [0.05, 0.1) is 19.6 Å². The summed E-state index contributed by atoms with van der Waals surface area (Å²) < 4.78 is 0. The van der Waals surface area contributed by atoms with E-state index in [4.69, 9.17) is 22.9 Å². The minimum Gasteiger partial charge on any atom is -0.480 e. The van der Waals surface area contributed by atoms with Gasteiger partial charge in [0.15, 0.2) is 5.96 Å². The lowest BCUT2D eigenvalue weighted by Crippen LogP contribution is -2.57. The van der Waals surface area contributed by atoms with E-state index in [1.165, 1.54) is 0 Å². The number of H-pyrrole nitrogens is 1. The zero-order valence-corrected chi connectivity index (χ0v) is 25.5. The van der Waals surface area contributed by atoms with Crippen molar-refractivity contribution in [1.82, 2.24) is 31.6 Å². The Morgan fingerprint density at radius 3 is 2.11 bits per heavy atom. The molecule has 47 heavy (non-hydrogen) atoms. The van der Waals surface area contributed by atoms with E-state index in [-0.39, 0.29) is 51.2 Å². The molecule has 3 atom stereocenters. The molecule has 1 aromatic carbocycles. The second kappa shape index (κ2) is 18.9. The Labute approximate surface area is 269 Å². The average molecular weight is 660 g/mol. The minimum atomic E-state index is -1.48. The largest absolute Gasteiger partial charge is 0.480 e. The number of para-hydroxylation sites is 1. The van der Waals surface area contributed by atoms with Gasteiger partial charge in [0, 0.05) is 36.5 Å². The number of hydrogen-bond acceptors (Lipinski definition) is 9.